The van der Waals surface area contributed by atoms with E-state index in [-0.39, 0.29) is 65.7 Å². The van der Waals surface area contributed by atoms with Crippen molar-refractivity contribution in [3.05, 3.63) is 166 Å². The molecule has 0 saturated heterocycles. The van der Waals surface area contributed by atoms with Crippen LogP contribution in [0.4, 0.5) is 0 Å². The van der Waals surface area contributed by atoms with Crippen molar-refractivity contribution in [3.8, 4) is 67.5 Å². The van der Waals surface area contributed by atoms with Gasteiger partial charge in [-0.3, -0.25) is 9.55 Å². The number of imidazole rings is 1. The zero-order chi connectivity index (χ0) is 64.8. The molecule has 0 saturated carbocycles. The average molecular weight is 1180 g/mol. The fraction of sp³-hybridized carbons (Fsp3) is 0.391. The summed E-state index contributed by atoms with van der Waals surface area (Å²) in [5.74, 6) is -2.56. The summed E-state index contributed by atoms with van der Waals surface area (Å²) < 4.78 is 123. The van der Waals surface area contributed by atoms with Crippen LogP contribution in [0.5, 0.6) is 5.75 Å². The summed E-state index contributed by atoms with van der Waals surface area (Å²) in [6.07, 6.45) is 5.06. The van der Waals surface area contributed by atoms with Crippen molar-refractivity contribution < 1.29 is 45.4 Å². The Balaban J connectivity index is 0.0000110. The summed E-state index contributed by atoms with van der Waals surface area (Å²) in [5.41, 5.74) is 6.40. The maximum absolute atomic E-state index is 12.6. The number of aromatic hydroxyl groups is 1. The van der Waals surface area contributed by atoms with Gasteiger partial charge in [0, 0.05) is 52.1 Å². The third-order valence-corrected chi connectivity index (χ3v) is 15.9. The molecule has 2 heterocycles. The van der Waals surface area contributed by atoms with Crippen molar-refractivity contribution in [1.82, 2.24) is 14.5 Å². The van der Waals surface area contributed by atoms with Crippen LogP contribution in [-0.4, -0.2) is 19.6 Å². The first kappa shape index (κ1) is 39.8. The van der Waals surface area contributed by atoms with Gasteiger partial charge in [0.25, 0.3) is 0 Å². The van der Waals surface area contributed by atoms with Crippen LogP contribution in [0.25, 0.3) is 72.7 Å². The van der Waals surface area contributed by atoms with E-state index in [0.29, 0.717) is 55.8 Å². The number of benzene rings is 6. The van der Waals surface area contributed by atoms with Crippen LogP contribution < -0.4 is 0 Å². The molecule has 0 atom stereocenters. The number of phenolic OH excluding ortho intramolecular Hbond substituents is 1. The van der Waals surface area contributed by atoms with Crippen LogP contribution in [0.2, 0.25) is 0 Å². The van der Waals surface area contributed by atoms with Gasteiger partial charge in [-0.2, -0.15) is 0 Å². The van der Waals surface area contributed by atoms with E-state index >= 15 is 0 Å². The molecule has 5 heteroatoms. The van der Waals surface area contributed by atoms with Gasteiger partial charge in [-0.15, -0.1) is 29.3 Å². The SMILES string of the molecule is [2H]C([2H])([2H])c1cc(-c2c(C(C)(CC)CC)cccc2C(C)(CC)CC)ccc1-n1c(-c2cc(C([2H])(C)C)cc(C([2H])(C)C)c2O)nc2c(-c3[c-]c(-c4cc(-c5ccc(C(C([2H])([2H])[2H])(C([2H])([2H])[2H])C([2H])([2H])[2H])cc5)ccn4)cc(C(C)(C)C)c3)cccc21.[Pt]. The zero-order valence-corrected chi connectivity index (χ0v) is 47.8. The Morgan fingerprint density at radius 3 is 1.84 bits per heavy atom. The van der Waals surface area contributed by atoms with Crippen LogP contribution in [0.15, 0.2) is 121 Å². The zero-order valence-electron chi connectivity index (χ0n) is 59.5. The summed E-state index contributed by atoms with van der Waals surface area (Å²) in [6.45, 7) is 13.5. The first-order valence-corrected chi connectivity index (χ1v) is 25.9. The molecule has 0 fully saturated rings. The van der Waals surface area contributed by atoms with Crippen LogP contribution in [0.1, 0.15) is 206 Å². The summed E-state index contributed by atoms with van der Waals surface area (Å²) in [6, 6.07) is 38.0. The predicted molar refractivity (Wildman–Crippen MR) is 313 cm³/mol. The summed E-state index contributed by atoms with van der Waals surface area (Å²) in [4.78, 5) is 10.3. The van der Waals surface area contributed by atoms with Crippen molar-refractivity contribution in [1.29, 1.82) is 0 Å². The van der Waals surface area contributed by atoms with Gasteiger partial charge in [0.2, 0.25) is 0 Å². The van der Waals surface area contributed by atoms with E-state index in [4.69, 9.17) is 22.3 Å². The Morgan fingerprint density at radius 2 is 1.26 bits per heavy atom. The van der Waals surface area contributed by atoms with E-state index < -0.39 is 50.0 Å². The minimum Gasteiger partial charge on any atom is -0.507 e. The normalized spacial score (nSPS) is 16.3. The number of aromatic nitrogens is 3. The third-order valence-electron chi connectivity index (χ3n) is 15.9. The summed E-state index contributed by atoms with van der Waals surface area (Å²) in [7, 11) is 0. The van der Waals surface area contributed by atoms with Gasteiger partial charge in [0.1, 0.15) is 11.6 Å². The molecule has 4 nitrogen and oxygen atoms in total. The minimum absolute atomic E-state index is 0. The van der Waals surface area contributed by atoms with Gasteiger partial charge in [-0.05, 0) is 152 Å². The molecule has 8 aromatic rings. The van der Waals surface area contributed by atoms with Crippen LogP contribution in [0, 0.1) is 12.9 Å². The van der Waals surface area contributed by atoms with E-state index in [0.717, 1.165) is 53.5 Å². The number of aryl methyl sites for hydroxylation is 1. The van der Waals surface area contributed by atoms with Crippen molar-refractivity contribution in [2.45, 2.75) is 177 Å². The number of pyridine rings is 1. The van der Waals surface area contributed by atoms with E-state index in [1.807, 2.05) is 54.6 Å². The molecular formula is C69H82N3OPt-. The second-order valence-corrected chi connectivity index (χ2v) is 22.1. The number of phenols is 1. The first-order valence-electron chi connectivity index (χ1n) is 32.9. The molecule has 0 unspecified atom stereocenters. The summed E-state index contributed by atoms with van der Waals surface area (Å²) >= 11 is 0. The van der Waals surface area contributed by atoms with Gasteiger partial charge >= 0.3 is 0 Å². The molecule has 8 rings (SSSR count). The molecule has 0 spiro atoms. The van der Waals surface area contributed by atoms with Crippen LogP contribution >= 0.6 is 0 Å². The molecule has 0 aliphatic heterocycles. The number of fused-ring (bicyclic) bond motifs is 1. The molecule has 0 bridgehead atoms. The van der Waals surface area contributed by atoms with Crippen LogP contribution in [0.3, 0.4) is 0 Å². The van der Waals surface area contributed by atoms with E-state index in [1.165, 1.54) is 24.3 Å². The van der Waals surface area contributed by atoms with E-state index in [1.54, 1.807) is 56.7 Å². The largest absolute Gasteiger partial charge is 0.507 e. The maximum Gasteiger partial charge on any atom is 0.148 e. The number of rotatable bonds is 14. The van der Waals surface area contributed by atoms with Gasteiger partial charge in [0.05, 0.1) is 22.3 Å². The molecule has 390 valence electrons. The fourth-order valence-electron chi connectivity index (χ4n) is 10.2. The smallest absolute Gasteiger partial charge is 0.148 e. The first-order chi connectivity index (χ1) is 40.0. The van der Waals surface area contributed by atoms with Crippen molar-refractivity contribution in [3.63, 3.8) is 0 Å². The van der Waals surface area contributed by atoms with Gasteiger partial charge in [0.15, 0.2) is 0 Å². The molecule has 0 radical (unpaired) electrons. The van der Waals surface area contributed by atoms with Gasteiger partial charge in [-0.25, -0.2) is 4.98 Å². The number of nitrogens with zero attached hydrogens (tertiary/aromatic N) is 3. The van der Waals surface area contributed by atoms with Crippen molar-refractivity contribution in [2.75, 3.05) is 0 Å². The third kappa shape index (κ3) is 10.6. The number of hydrogen-bond acceptors (Lipinski definition) is 3. The Morgan fingerprint density at radius 1 is 0.635 bits per heavy atom. The Hall–Kier alpha value is -5.57. The molecule has 0 amide bonds. The molecular weight excluding hydrogens is 1080 g/mol. The number of hydrogen-bond donors (Lipinski definition) is 1. The molecule has 0 aliphatic carbocycles. The molecule has 74 heavy (non-hydrogen) atoms. The van der Waals surface area contributed by atoms with E-state index in [9.17, 15) is 12.0 Å². The quantitative estimate of drug-likeness (QED) is 0.110. The topological polar surface area (TPSA) is 50.9 Å². The number of para-hydroxylation sites is 1. The van der Waals surface area contributed by atoms with E-state index in [2.05, 4.69) is 86.6 Å². The molecule has 6 aromatic carbocycles. The maximum atomic E-state index is 12.6. The molecule has 1 N–H and O–H groups in total. The van der Waals surface area contributed by atoms with Gasteiger partial charge < -0.3 is 5.11 Å². The minimum atomic E-state index is -3.42. The Bertz CT molecular complexity index is 3790. The molecule has 2 aromatic heterocycles. The second kappa shape index (κ2) is 21.6. The fourth-order valence-corrected chi connectivity index (χ4v) is 10.2. The molecule has 0 aliphatic rings. The Labute approximate surface area is 479 Å². The van der Waals surface area contributed by atoms with Crippen LogP contribution in [-0.2, 0) is 42.7 Å². The van der Waals surface area contributed by atoms with Gasteiger partial charge in [-0.1, -0.05) is 194 Å². The standard InChI is InChI=1S/C69H82N3O.Pt/c1-18-68(16,19-2)57-25-23-26-58(69(17,20-3)21-4)62(57)48-30-33-60(45(9)36-48)72-61-27-22-24-54(63(61)71-65(72)56-41-49(43(5)6)40-55(44(7)8)64(56)73)50-37-51(39-53(38-50)67(13,14)15)59-42-47(34-35-70-59)46-28-31-52(32-29-46)66(10,11)12;/h22-36,38-44,73H,18-21H2,1-17H3;/q-1;/i9D3,10D3,11D3,12D3,43D,44D;. The van der Waals surface area contributed by atoms with Crippen molar-refractivity contribution in [2.24, 2.45) is 0 Å². The van der Waals surface area contributed by atoms with Crippen molar-refractivity contribution >= 4 is 11.0 Å². The Kier molecular flexibility index (Phi) is 11.6. The average Bonchev–Trinajstić information content (AvgIpc) is 1.02. The second-order valence-electron chi connectivity index (χ2n) is 22.1. The predicted octanol–water partition coefficient (Wildman–Crippen LogP) is 19.6. The summed E-state index contributed by atoms with van der Waals surface area (Å²) in [5, 5.41) is 12.6. The monoisotopic (exact) mass is 1180 g/mol.